The fourth-order valence-electron chi connectivity index (χ4n) is 7.58. The number of carbonyl (C=O) groups is 1. The second-order valence-corrected chi connectivity index (χ2v) is 18.0. The Labute approximate surface area is 345 Å². The predicted octanol–water partition coefficient (Wildman–Crippen LogP) is 7.59. The highest BCUT2D eigenvalue weighted by Gasteiger charge is 2.38. The van der Waals surface area contributed by atoms with Crippen molar-refractivity contribution in [1.29, 1.82) is 0 Å². The molecular formula is C45H58N3O7PS. The number of nitrogens with zero attached hydrogens (tertiary/aromatic N) is 1. The van der Waals surface area contributed by atoms with E-state index in [9.17, 15) is 0 Å². The molecule has 4 aromatic rings. The van der Waals surface area contributed by atoms with Crippen molar-refractivity contribution in [1.82, 2.24) is 15.5 Å². The zero-order valence-electron chi connectivity index (χ0n) is 34.7. The number of nitrogens with one attached hydrogen (secondary N) is 2. The van der Waals surface area contributed by atoms with E-state index in [4.69, 9.17) is 40.6 Å². The molecule has 0 aromatic heterocycles. The largest absolute Gasteiger partial charge is 0.493 e. The van der Waals surface area contributed by atoms with Crippen LogP contribution in [0, 0.1) is 5.41 Å². The van der Waals surface area contributed by atoms with Gasteiger partial charge in [0.2, 0.25) is 17.4 Å². The van der Waals surface area contributed by atoms with Crippen LogP contribution in [0.15, 0.2) is 84.9 Å². The molecule has 0 spiro atoms. The molecule has 1 saturated carbocycles. The summed E-state index contributed by atoms with van der Waals surface area (Å²) in [6.45, 7) is 6.61. The molecule has 0 heterocycles. The van der Waals surface area contributed by atoms with Crippen molar-refractivity contribution in [3.05, 3.63) is 96.1 Å². The van der Waals surface area contributed by atoms with Gasteiger partial charge in [-0.15, -0.1) is 0 Å². The minimum atomic E-state index is -0.687. The van der Waals surface area contributed by atoms with E-state index in [-0.39, 0.29) is 25.0 Å². The fraction of sp³-hybridized carbons (Fsp3) is 0.422. The van der Waals surface area contributed by atoms with E-state index < -0.39 is 19.4 Å². The van der Waals surface area contributed by atoms with Gasteiger partial charge in [0.15, 0.2) is 28.1 Å². The third-order valence-corrected chi connectivity index (χ3v) is 13.6. The molecule has 0 bridgehead atoms. The highest BCUT2D eigenvalue weighted by atomic mass is 32.1. The van der Waals surface area contributed by atoms with Gasteiger partial charge in [-0.25, -0.2) is 0 Å². The maximum Gasteiger partial charge on any atom is 0.246 e. The third kappa shape index (κ3) is 10.6. The maximum atomic E-state index is 15.1. The van der Waals surface area contributed by atoms with Crippen LogP contribution in [0.5, 0.6) is 34.5 Å². The molecule has 0 unspecified atom stereocenters. The molecule has 1 fully saturated rings. The summed E-state index contributed by atoms with van der Waals surface area (Å²) in [5.41, 5.74) is 1.41. The Hall–Kier alpha value is -4.73. The highest BCUT2D eigenvalue weighted by Crippen LogP contribution is 2.46. The van der Waals surface area contributed by atoms with Crippen molar-refractivity contribution in [2.75, 3.05) is 42.7 Å². The first kappa shape index (κ1) is 43.4. The van der Waals surface area contributed by atoms with Crippen molar-refractivity contribution in [2.45, 2.75) is 77.3 Å². The lowest BCUT2D eigenvalue weighted by Gasteiger charge is -2.40. The van der Waals surface area contributed by atoms with Gasteiger partial charge >= 0.3 is 0 Å². The Morgan fingerprint density at radius 3 is 1.51 bits per heavy atom. The first-order valence-corrected chi connectivity index (χ1v) is 21.1. The standard InChI is InChI=1S/C45H58N3O7PS/c1-45(2,3)42(47-44(57)46-34-22-16-17-23-39(34)56(32-18-12-10-13-19-32)33-20-14-11-15-21-33)43(49)48(28-30-24-35(50-4)40(54-8)36(25-30)51-5)29-31-26-37(52-6)41(55-9)38(27-31)53-7/h10-15,18-21,24-27,34,39,42H,16-17,22-23,28-29H2,1-9H3,(H2,46,47,57)/t34-,39-,42+/m0/s1. The Kier molecular flexibility index (Phi) is 15.3. The summed E-state index contributed by atoms with van der Waals surface area (Å²) >= 11 is 6.13. The SMILES string of the molecule is COc1cc(CN(Cc2cc(OC)c(OC)c(OC)c2)C(=O)[C@@H](NC(=S)N[C@H]2CCCC[C@@H]2P(c2ccccc2)c2ccccc2)C(C)(C)C)cc(OC)c1OC. The lowest BCUT2D eigenvalue weighted by Crippen LogP contribution is -2.58. The lowest BCUT2D eigenvalue weighted by molar-refractivity contribution is -0.137. The summed E-state index contributed by atoms with van der Waals surface area (Å²) in [6.07, 6.45) is 4.37. The zero-order valence-corrected chi connectivity index (χ0v) is 36.4. The Morgan fingerprint density at radius 2 is 1.12 bits per heavy atom. The Balaban J connectivity index is 1.48. The average molecular weight is 816 g/mol. The van der Waals surface area contributed by atoms with E-state index in [2.05, 4.69) is 92.1 Å². The van der Waals surface area contributed by atoms with E-state index in [1.165, 1.54) is 17.0 Å². The molecule has 4 aromatic carbocycles. The van der Waals surface area contributed by atoms with Gasteiger partial charge in [-0.3, -0.25) is 4.79 Å². The lowest BCUT2D eigenvalue weighted by atomic mass is 9.85. The maximum absolute atomic E-state index is 15.1. The Morgan fingerprint density at radius 1 is 0.702 bits per heavy atom. The van der Waals surface area contributed by atoms with Crippen molar-refractivity contribution < 1.29 is 33.2 Å². The zero-order chi connectivity index (χ0) is 41.1. The minimum absolute atomic E-state index is 0.134. The summed E-state index contributed by atoms with van der Waals surface area (Å²) in [5, 5.41) is 10.4. The molecule has 10 nitrogen and oxygen atoms in total. The summed E-state index contributed by atoms with van der Waals surface area (Å²) < 4.78 is 33.9. The van der Waals surface area contributed by atoms with Gasteiger partial charge in [-0.1, -0.05) is 94.3 Å². The molecular weight excluding hydrogens is 758 g/mol. The van der Waals surface area contributed by atoms with Crippen LogP contribution in [-0.4, -0.2) is 76.3 Å². The second-order valence-electron chi connectivity index (χ2n) is 15.2. The quantitative estimate of drug-likeness (QED) is 0.0870. The van der Waals surface area contributed by atoms with Gasteiger partial charge in [0.1, 0.15) is 6.04 Å². The smallest absolute Gasteiger partial charge is 0.246 e. The monoisotopic (exact) mass is 815 g/mol. The molecule has 1 aliphatic rings. The molecule has 1 aliphatic carbocycles. The van der Waals surface area contributed by atoms with Gasteiger partial charge in [0.05, 0.1) is 42.7 Å². The summed E-state index contributed by atoms with van der Waals surface area (Å²) in [4.78, 5) is 16.9. The topological polar surface area (TPSA) is 99.8 Å². The van der Waals surface area contributed by atoms with Crippen LogP contribution in [0.4, 0.5) is 0 Å². The normalized spacial score (nSPS) is 15.9. The Bertz CT molecular complexity index is 1790. The molecule has 0 radical (unpaired) electrons. The predicted molar refractivity (Wildman–Crippen MR) is 234 cm³/mol. The van der Waals surface area contributed by atoms with Crippen molar-refractivity contribution in [2.24, 2.45) is 5.41 Å². The minimum Gasteiger partial charge on any atom is -0.493 e. The number of amides is 1. The number of ether oxygens (including phenoxy) is 6. The molecule has 12 heteroatoms. The van der Waals surface area contributed by atoms with E-state index >= 15 is 4.79 Å². The summed E-state index contributed by atoms with van der Waals surface area (Å²) in [5.74, 6) is 2.80. The summed E-state index contributed by atoms with van der Waals surface area (Å²) in [6, 6.07) is 28.6. The van der Waals surface area contributed by atoms with Crippen molar-refractivity contribution in [3.8, 4) is 34.5 Å². The molecule has 5 rings (SSSR count). The second kappa shape index (κ2) is 20.1. The fourth-order valence-corrected chi connectivity index (χ4v) is 10.9. The molecule has 2 N–H and O–H groups in total. The van der Waals surface area contributed by atoms with Crippen LogP contribution in [0.3, 0.4) is 0 Å². The highest BCUT2D eigenvalue weighted by molar-refractivity contribution is 7.80. The van der Waals surface area contributed by atoms with Crippen LogP contribution in [0.1, 0.15) is 57.6 Å². The van der Waals surface area contributed by atoms with Gasteiger partial charge in [-0.2, -0.15) is 0 Å². The average Bonchev–Trinajstić information content (AvgIpc) is 3.22. The number of hydrogen-bond donors (Lipinski definition) is 2. The number of rotatable bonds is 16. The molecule has 1 amide bonds. The van der Waals surface area contributed by atoms with Crippen LogP contribution in [0.2, 0.25) is 0 Å². The summed E-state index contributed by atoms with van der Waals surface area (Å²) in [7, 11) is 8.77. The molecule has 57 heavy (non-hydrogen) atoms. The van der Waals surface area contributed by atoms with Gasteiger partial charge in [-0.05, 0) is 84.4 Å². The third-order valence-electron chi connectivity index (χ3n) is 10.3. The van der Waals surface area contributed by atoms with Crippen LogP contribution in [-0.2, 0) is 17.9 Å². The van der Waals surface area contributed by atoms with E-state index in [1.54, 1.807) is 47.6 Å². The van der Waals surface area contributed by atoms with Crippen molar-refractivity contribution in [3.63, 3.8) is 0 Å². The first-order valence-electron chi connectivity index (χ1n) is 19.3. The number of hydrogen-bond acceptors (Lipinski definition) is 8. The molecule has 3 atom stereocenters. The van der Waals surface area contributed by atoms with E-state index in [0.717, 1.165) is 30.4 Å². The molecule has 306 valence electrons. The van der Waals surface area contributed by atoms with Gasteiger partial charge in [0.25, 0.3) is 0 Å². The van der Waals surface area contributed by atoms with Crippen molar-refractivity contribution >= 4 is 41.8 Å². The number of benzene rings is 4. The van der Waals surface area contributed by atoms with Crippen LogP contribution >= 0.6 is 20.1 Å². The van der Waals surface area contributed by atoms with Gasteiger partial charge < -0.3 is 44.0 Å². The molecule has 0 aliphatic heterocycles. The van der Waals surface area contributed by atoms with E-state index in [0.29, 0.717) is 45.3 Å². The van der Waals surface area contributed by atoms with Gasteiger partial charge in [0, 0.05) is 24.8 Å². The number of methoxy groups -OCH3 is 6. The van der Waals surface area contributed by atoms with Crippen LogP contribution < -0.4 is 49.7 Å². The first-order chi connectivity index (χ1) is 27.5. The molecule has 0 saturated heterocycles. The number of carbonyl (C=O) groups excluding carboxylic acids is 1. The van der Waals surface area contributed by atoms with Crippen LogP contribution in [0.25, 0.3) is 0 Å². The number of thiocarbonyl (C=S) groups is 1. The van der Waals surface area contributed by atoms with E-state index in [1.807, 2.05) is 24.3 Å².